The SMILES string of the molecule is CCCCCCCCC/C=C\CCCCCC(=O)OCC(COP(=O)(O)OC1C(OC2OC(CO)C(O)C(O)C2O)C(O)C(O)C(O)C1OC1OC(COC(=O)CCCCCCCCCCCCCCCCCCC)C(O)C(O)C1O)OC(=O)CCCCCCCCCCCCCCCCCCC. The average Bonchev–Trinajstić information content (AvgIpc) is 0.764. The number of ether oxygens (including phenoxy) is 7. The first-order valence-corrected chi connectivity index (χ1v) is 42.5. The molecule has 24 nitrogen and oxygen atoms in total. The number of allylic oxidation sites excluding steroid dienone is 2. The summed E-state index contributed by atoms with van der Waals surface area (Å²) in [5.41, 5.74) is 0. The van der Waals surface area contributed by atoms with E-state index in [1.165, 1.54) is 180 Å². The quantitative estimate of drug-likeness (QED) is 0.00886. The molecule has 2 aliphatic heterocycles. The van der Waals surface area contributed by atoms with E-state index in [1.807, 2.05) is 0 Å². The van der Waals surface area contributed by atoms with Gasteiger partial charge in [-0.15, -0.1) is 0 Å². The number of aliphatic hydroxyl groups excluding tert-OH is 10. The number of hydrogen-bond donors (Lipinski definition) is 11. The van der Waals surface area contributed by atoms with Crippen LogP contribution in [0, 0.1) is 0 Å². The number of esters is 3. The molecule has 2 saturated heterocycles. The second-order valence-electron chi connectivity index (χ2n) is 29.5. The highest BCUT2D eigenvalue weighted by molar-refractivity contribution is 7.47. The van der Waals surface area contributed by atoms with Crippen molar-refractivity contribution in [2.45, 2.75) is 440 Å². The van der Waals surface area contributed by atoms with Gasteiger partial charge in [-0.05, 0) is 44.9 Å². The molecular formula is C78H145O24P. The molecule has 3 fully saturated rings. The van der Waals surface area contributed by atoms with Gasteiger partial charge in [-0.25, -0.2) is 4.57 Å². The van der Waals surface area contributed by atoms with E-state index in [9.17, 15) is 74.9 Å². The number of phosphoric acid groups is 1. The number of unbranched alkanes of at least 4 members (excludes halogenated alkanes) is 42. The Labute approximate surface area is 618 Å². The Balaban J connectivity index is 1.69. The van der Waals surface area contributed by atoms with Gasteiger partial charge >= 0.3 is 25.7 Å². The molecular weight excluding hydrogens is 1350 g/mol. The van der Waals surface area contributed by atoms with Crippen molar-refractivity contribution in [3.05, 3.63) is 12.2 Å². The van der Waals surface area contributed by atoms with Gasteiger partial charge in [0.15, 0.2) is 18.7 Å². The van der Waals surface area contributed by atoms with Crippen molar-refractivity contribution >= 4 is 25.7 Å². The van der Waals surface area contributed by atoms with Gasteiger partial charge in [0, 0.05) is 19.3 Å². The normalized spacial score (nSPS) is 26.9. The summed E-state index contributed by atoms with van der Waals surface area (Å²) in [5.74, 6) is -1.99. The Kier molecular flexibility index (Phi) is 54.9. The highest BCUT2D eigenvalue weighted by Crippen LogP contribution is 2.49. The maximum absolute atomic E-state index is 14.4. The lowest BCUT2D eigenvalue weighted by molar-refractivity contribution is -0.360. The third kappa shape index (κ3) is 41.9. The minimum atomic E-state index is -5.70. The predicted molar refractivity (Wildman–Crippen MR) is 393 cm³/mol. The summed E-state index contributed by atoms with van der Waals surface area (Å²) in [5, 5.41) is 110. The van der Waals surface area contributed by atoms with Crippen LogP contribution in [0.4, 0.5) is 0 Å². The summed E-state index contributed by atoms with van der Waals surface area (Å²) < 4.78 is 65.2. The highest BCUT2D eigenvalue weighted by Gasteiger charge is 2.58. The molecule has 25 heteroatoms. The number of rotatable bonds is 65. The monoisotopic (exact) mass is 1500 g/mol. The summed E-state index contributed by atoms with van der Waals surface area (Å²) in [4.78, 5) is 51.2. The topological polar surface area (TPSA) is 374 Å². The van der Waals surface area contributed by atoms with Crippen molar-refractivity contribution in [2.75, 3.05) is 26.4 Å². The third-order valence-corrected chi connectivity index (χ3v) is 21.3. The van der Waals surface area contributed by atoms with Crippen molar-refractivity contribution in [1.82, 2.24) is 0 Å². The second kappa shape index (κ2) is 59.6. The van der Waals surface area contributed by atoms with Gasteiger partial charge in [-0.3, -0.25) is 23.4 Å². The van der Waals surface area contributed by atoms with E-state index in [0.29, 0.717) is 19.3 Å². The molecule has 11 N–H and O–H groups in total. The number of hydrogen-bond acceptors (Lipinski definition) is 23. The van der Waals surface area contributed by atoms with Gasteiger partial charge in [0.1, 0.15) is 98.7 Å². The molecule has 2 heterocycles. The zero-order chi connectivity index (χ0) is 75.3. The van der Waals surface area contributed by atoms with E-state index >= 15 is 0 Å². The van der Waals surface area contributed by atoms with Gasteiger partial charge in [0.25, 0.3) is 0 Å². The Morgan fingerprint density at radius 3 is 1.06 bits per heavy atom. The van der Waals surface area contributed by atoms with Crippen molar-refractivity contribution in [2.24, 2.45) is 0 Å². The van der Waals surface area contributed by atoms with Gasteiger partial charge in [-0.1, -0.05) is 283 Å². The molecule has 3 rings (SSSR count). The van der Waals surface area contributed by atoms with Gasteiger partial charge in [0.05, 0.1) is 13.2 Å². The van der Waals surface area contributed by atoms with Crippen LogP contribution >= 0.6 is 7.82 Å². The molecule has 0 aromatic rings. The fourth-order valence-electron chi connectivity index (χ4n) is 13.6. The average molecular weight is 1500 g/mol. The van der Waals surface area contributed by atoms with E-state index in [0.717, 1.165) is 96.3 Å². The standard InChI is InChI=1S/C78H145O24P/c1-4-7-10-13-16-19-22-25-28-30-32-35-38-41-44-47-50-53-63(81)95-58-61-66(84)68(86)73(91)78(99-61)101-75-71(89)69(87)70(88)74(100-77-72(90)67(85)65(83)60(55-79)98-77)76(75)102-103(92,93)96-57-59(56-94-62(80)52-49-46-43-40-37-34-27-24-21-18-15-12-9-6-3)97-64(82)54-51-48-45-42-39-36-33-31-29-26-23-20-17-14-11-8-5-2/h34,37,59-61,65-79,83-91H,4-33,35-36,38-58H2,1-3H3,(H,92,93)/b37-34-. The lowest BCUT2D eigenvalue weighted by atomic mass is 9.84. The smallest absolute Gasteiger partial charge is 0.463 e. The number of carbonyl (C=O) groups excluding carboxylic acids is 3. The van der Waals surface area contributed by atoms with Gasteiger partial charge < -0.3 is 89.1 Å². The van der Waals surface area contributed by atoms with Crippen LogP contribution in [-0.4, -0.2) is 204 Å². The first-order valence-electron chi connectivity index (χ1n) is 41.0. The molecule has 0 aromatic heterocycles. The van der Waals surface area contributed by atoms with E-state index in [4.69, 9.17) is 42.2 Å². The fourth-order valence-corrected chi connectivity index (χ4v) is 14.6. The van der Waals surface area contributed by atoms with Crippen LogP contribution in [0.3, 0.4) is 0 Å². The molecule has 3 aliphatic rings. The summed E-state index contributed by atoms with van der Waals surface area (Å²) in [6.07, 6.45) is 21.0. The van der Waals surface area contributed by atoms with E-state index < -0.39 is 156 Å². The number of phosphoric ester groups is 1. The second-order valence-corrected chi connectivity index (χ2v) is 30.9. The van der Waals surface area contributed by atoms with Gasteiger partial charge in [-0.2, -0.15) is 0 Å². The Morgan fingerprint density at radius 2 is 0.680 bits per heavy atom. The molecule has 18 unspecified atom stereocenters. The Morgan fingerprint density at radius 1 is 0.369 bits per heavy atom. The first-order chi connectivity index (χ1) is 49.8. The fraction of sp³-hybridized carbons (Fsp3) is 0.936. The predicted octanol–water partition coefficient (Wildman–Crippen LogP) is 12.7. The zero-order valence-electron chi connectivity index (χ0n) is 63.6. The minimum absolute atomic E-state index is 0.0282. The maximum Gasteiger partial charge on any atom is 0.472 e. The van der Waals surface area contributed by atoms with Crippen molar-refractivity contribution < 1.29 is 117 Å². The summed E-state index contributed by atoms with van der Waals surface area (Å²) in [6, 6.07) is 0. The van der Waals surface area contributed by atoms with Crippen LogP contribution < -0.4 is 0 Å². The van der Waals surface area contributed by atoms with E-state index in [2.05, 4.69) is 32.9 Å². The molecule has 18 atom stereocenters. The van der Waals surface area contributed by atoms with E-state index in [-0.39, 0.29) is 19.3 Å². The molecule has 1 aliphatic carbocycles. The molecule has 0 aromatic carbocycles. The van der Waals surface area contributed by atoms with Gasteiger partial charge in [0.2, 0.25) is 0 Å². The number of carbonyl (C=O) groups is 3. The molecule has 1 saturated carbocycles. The summed E-state index contributed by atoms with van der Waals surface area (Å²) >= 11 is 0. The molecule has 606 valence electrons. The first kappa shape index (κ1) is 94.9. The Bertz CT molecular complexity index is 2160. The van der Waals surface area contributed by atoms with Crippen molar-refractivity contribution in [1.29, 1.82) is 0 Å². The van der Waals surface area contributed by atoms with Crippen LogP contribution in [0.2, 0.25) is 0 Å². The van der Waals surface area contributed by atoms with Crippen LogP contribution in [0.5, 0.6) is 0 Å². The lowest BCUT2D eigenvalue weighted by Crippen LogP contribution is -2.69. The largest absolute Gasteiger partial charge is 0.472 e. The highest BCUT2D eigenvalue weighted by atomic mass is 31.2. The number of aliphatic hydroxyl groups is 10. The molecule has 0 radical (unpaired) electrons. The van der Waals surface area contributed by atoms with Crippen LogP contribution in [0.1, 0.15) is 335 Å². The lowest BCUT2D eigenvalue weighted by Gasteiger charge is -2.49. The minimum Gasteiger partial charge on any atom is -0.463 e. The van der Waals surface area contributed by atoms with Crippen LogP contribution in [-0.2, 0) is 61.2 Å². The van der Waals surface area contributed by atoms with Crippen LogP contribution in [0.15, 0.2) is 12.2 Å². The Hall–Kier alpha value is -2.30. The molecule has 0 spiro atoms. The van der Waals surface area contributed by atoms with Crippen molar-refractivity contribution in [3.63, 3.8) is 0 Å². The molecule has 0 amide bonds. The molecule has 103 heavy (non-hydrogen) atoms. The summed E-state index contributed by atoms with van der Waals surface area (Å²) in [6.45, 7) is 3.49. The van der Waals surface area contributed by atoms with E-state index in [1.54, 1.807) is 0 Å². The van der Waals surface area contributed by atoms with Crippen molar-refractivity contribution in [3.8, 4) is 0 Å². The third-order valence-electron chi connectivity index (χ3n) is 20.3. The maximum atomic E-state index is 14.4. The van der Waals surface area contributed by atoms with Crippen LogP contribution in [0.25, 0.3) is 0 Å². The summed E-state index contributed by atoms with van der Waals surface area (Å²) in [7, 11) is -5.70. The zero-order valence-corrected chi connectivity index (χ0v) is 64.5. The molecule has 0 bridgehead atoms.